The van der Waals surface area contributed by atoms with E-state index in [1.165, 1.54) is 19.3 Å². The molecule has 0 spiro atoms. The first-order valence-electron chi connectivity index (χ1n) is 7.11. The number of carbonyl (C=O) groups excluding carboxylic acids is 1. The number of rotatable bonds is 3. The van der Waals surface area contributed by atoms with E-state index in [2.05, 4.69) is 0 Å². The van der Waals surface area contributed by atoms with Gasteiger partial charge in [0.1, 0.15) is 5.78 Å². The van der Waals surface area contributed by atoms with E-state index in [0.29, 0.717) is 23.5 Å². The Morgan fingerprint density at radius 1 is 1.12 bits per heavy atom. The molecule has 1 heterocycles. The molecule has 4 unspecified atom stereocenters. The van der Waals surface area contributed by atoms with Crippen LogP contribution in [0.3, 0.4) is 0 Å². The highest BCUT2D eigenvalue weighted by Gasteiger charge is 2.48. The van der Waals surface area contributed by atoms with Crippen LogP contribution in [0.1, 0.15) is 38.5 Å². The Hall–Kier alpha value is -0.410. The summed E-state index contributed by atoms with van der Waals surface area (Å²) >= 11 is 0. The van der Waals surface area contributed by atoms with E-state index in [4.69, 9.17) is 10.5 Å². The van der Waals surface area contributed by atoms with Crippen molar-refractivity contribution in [2.24, 2.45) is 29.4 Å². The predicted octanol–water partition coefficient (Wildman–Crippen LogP) is 1.75. The van der Waals surface area contributed by atoms with Gasteiger partial charge in [0.25, 0.3) is 0 Å². The molecule has 4 atom stereocenters. The Morgan fingerprint density at radius 3 is 2.47 bits per heavy atom. The molecule has 0 aromatic carbocycles. The third-order valence-corrected chi connectivity index (χ3v) is 5.18. The molecule has 17 heavy (non-hydrogen) atoms. The van der Waals surface area contributed by atoms with Crippen molar-refractivity contribution in [3.63, 3.8) is 0 Å². The van der Waals surface area contributed by atoms with Gasteiger partial charge in [-0.3, -0.25) is 4.79 Å². The van der Waals surface area contributed by atoms with Gasteiger partial charge in [0, 0.05) is 31.6 Å². The maximum absolute atomic E-state index is 12.4. The summed E-state index contributed by atoms with van der Waals surface area (Å²) in [6.45, 7) is 1.67. The molecular formula is C14H23NO2. The van der Waals surface area contributed by atoms with Gasteiger partial charge in [-0.15, -0.1) is 0 Å². The van der Waals surface area contributed by atoms with Crippen molar-refractivity contribution in [2.75, 3.05) is 13.2 Å². The Labute approximate surface area is 103 Å². The lowest BCUT2D eigenvalue weighted by atomic mass is 9.78. The zero-order valence-electron chi connectivity index (χ0n) is 10.4. The standard InChI is InChI=1S/C14H23NO2/c15-14-11-2-1-10(8-11)13(14)12(16)7-9-3-5-17-6-4-9/h9-11,13-14H,1-8,15H2. The van der Waals surface area contributed by atoms with Crippen molar-refractivity contribution in [3.8, 4) is 0 Å². The lowest BCUT2D eigenvalue weighted by Gasteiger charge is -2.29. The quantitative estimate of drug-likeness (QED) is 0.813. The number of Topliss-reactive ketones (excluding diaryl/α,β-unsaturated/α-hetero) is 1. The summed E-state index contributed by atoms with van der Waals surface area (Å²) in [6, 6.07) is 0.168. The van der Waals surface area contributed by atoms with Gasteiger partial charge in [-0.25, -0.2) is 0 Å². The number of hydrogen-bond donors (Lipinski definition) is 1. The summed E-state index contributed by atoms with van der Waals surface area (Å²) in [4.78, 5) is 12.4. The minimum Gasteiger partial charge on any atom is -0.381 e. The predicted molar refractivity (Wildman–Crippen MR) is 65.5 cm³/mol. The zero-order valence-corrected chi connectivity index (χ0v) is 10.4. The number of carbonyl (C=O) groups is 1. The number of fused-ring (bicyclic) bond motifs is 2. The number of ether oxygens (including phenoxy) is 1. The third kappa shape index (κ3) is 2.15. The number of ketones is 1. The highest BCUT2D eigenvalue weighted by Crippen LogP contribution is 2.48. The second-order valence-corrected chi connectivity index (χ2v) is 6.16. The second kappa shape index (κ2) is 4.69. The maximum atomic E-state index is 12.4. The summed E-state index contributed by atoms with van der Waals surface area (Å²) in [7, 11) is 0. The molecule has 3 nitrogen and oxygen atoms in total. The Balaban J connectivity index is 1.58. The highest BCUT2D eigenvalue weighted by atomic mass is 16.5. The van der Waals surface area contributed by atoms with Gasteiger partial charge in [0.15, 0.2) is 0 Å². The van der Waals surface area contributed by atoms with Crippen molar-refractivity contribution in [1.29, 1.82) is 0 Å². The SMILES string of the molecule is NC1C2CCC(C2)C1C(=O)CC1CCOCC1. The van der Waals surface area contributed by atoms with E-state index in [0.717, 1.165) is 32.5 Å². The minimum atomic E-state index is 0.168. The van der Waals surface area contributed by atoms with Crippen molar-refractivity contribution in [1.82, 2.24) is 0 Å². The average Bonchev–Trinajstić information content (AvgIpc) is 2.90. The molecule has 0 aromatic rings. The van der Waals surface area contributed by atoms with Crippen molar-refractivity contribution >= 4 is 5.78 Å². The van der Waals surface area contributed by atoms with Gasteiger partial charge >= 0.3 is 0 Å². The molecule has 3 rings (SSSR count). The van der Waals surface area contributed by atoms with Crippen LogP contribution in [0, 0.1) is 23.7 Å². The highest BCUT2D eigenvalue weighted by molar-refractivity contribution is 5.82. The van der Waals surface area contributed by atoms with Crippen LogP contribution in [0.5, 0.6) is 0 Å². The molecule has 1 saturated heterocycles. The lowest BCUT2D eigenvalue weighted by Crippen LogP contribution is -2.41. The Morgan fingerprint density at radius 2 is 1.82 bits per heavy atom. The van der Waals surface area contributed by atoms with Crippen LogP contribution in [0.2, 0.25) is 0 Å². The largest absolute Gasteiger partial charge is 0.381 e. The van der Waals surface area contributed by atoms with Crippen LogP contribution in [-0.2, 0) is 9.53 Å². The Bertz CT molecular complexity index is 297. The summed E-state index contributed by atoms with van der Waals surface area (Å²) in [5.74, 6) is 2.46. The van der Waals surface area contributed by atoms with E-state index in [1.807, 2.05) is 0 Å². The van der Waals surface area contributed by atoms with Crippen LogP contribution >= 0.6 is 0 Å². The first-order valence-corrected chi connectivity index (χ1v) is 7.11. The summed E-state index contributed by atoms with van der Waals surface area (Å²) in [5.41, 5.74) is 6.22. The van der Waals surface area contributed by atoms with Gasteiger partial charge < -0.3 is 10.5 Å². The van der Waals surface area contributed by atoms with E-state index < -0.39 is 0 Å². The van der Waals surface area contributed by atoms with Crippen molar-refractivity contribution < 1.29 is 9.53 Å². The molecule has 2 N–H and O–H groups in total. The summed E-state index contributed by atoms with van der Waals surface area (Å²) in [6.07, 6.45) is 6.58. The van der Waals surface area contributed by atoms with Gasteiger partial charge in [0.2, 0.25) is 0 Å². The second-order valence-electron chi connectivity index (χ2n) is 6.16. The molecule has 3 aliphatic rings. The van der Waals surface area contributed by atoms with Crippen molar-refractivity contribution in [3.05, 3.63) is 0 Å². The van der Waals surface area contributed by atoms with E-state index in [1.54, 1.807) is 0 Å². The molecule has 2 saturated carbocycles. The summed E-state index contributed by atoms with van der Waals surface area (Å²) < 4.78 is 5.34. The van der Waals surface area contributed by atoms with Crippen LogP contribution in [-0.4, -0.2) is 25.0 Å². The van der Waals surface area contributed by atoms with Crippen molar-refractivity contribution in [2.45, 2.75) is 44.6 Å². The Kier molecular flexibility index (Phi) is 3.22. The van der Waals surface area contributed by atoms with E-state index in [-0.39, 0.29) is 12.0 Å². The molecule has 3 fully saturated rings. The van der Waals surface area contributed by atoms with Gasteiger partial charge in [0.05, 0.1) is 0 Å². The normalized spacial score (nSPS) is 41.9. The molecular weight excluding hydrogens is 214 g/mol. The third-order valence-electron chi connectivity index (χ3n) is 5.18. The molecule has 0 radical (unpaired) electrons. The average molecular weight is 237 g/mol. The number of hydrogen-bond acceptors (Lipinski definition) is 3. The van der Waals surface area contributed by atoms with Crippen LogP contribution in [0.25, 0.3) is 0 Å². The topological polar surface area (TPSA) is 52.3 Å². The fourth-order valence-electron chi connectivity index (χ4n) is 4.18. The molecule has 2 aliphatic carbocycles. The maximum Gasteiger partial charge on any atom is 0.138 e. The lowest BCUT2D eigenvalue weighted by molar-refractivity contribution is -0.126. The van der Waals surface area contributed by atoms with E-state index >= 15 is 0 Å². The first kappa shape index (κ1) is 11.7. The zero-order chi connectivity index (χ0) is 11.8. The first-order chi connectivity index (χ1) is 8.25. The summed E-state index contributed by atoms with van der Waals surface area (Å²) in [5, 5.41) is 0. The monoisotopic (exact) mass is 237 g/mol. The van der Waals surface area contributed by atoms with Crippen LogP contribution in [0.15, 0.2) is 0 Å². The molecule has 96 valence electrons. The smallest absolute Gasteiger partial charge is 0.138 e. The minimum absolute atomic E-state index is 0.168. The molecule has 2 bridgehead atoms. The fraction of sp³-hybridized carbons (Fsp3) is 0.929. The molecule has 0 aromatic heterocycles. The molecule has 0 amide bonds. The fourth-order valence-corrected chi connectivity index (χ4v) is 4.18. The van der Waals surface area contributed by atoms with Crippen LogP contribution < -0.4 is 5.73 Å². The van der Waals surface area contributed by atoms with Gasteiger partial charge in [-0.05, 0) is 49.9 Å². The molecule has 3 heteroatoms. The van der Waals surface area contributed by atoms with Gasteiger partial charge in [-0.2, -0.15) is 0 Å². The van der Waals surface area contributed by atoms with E-state index in [9.17, 15) is 4.79 Å². The van der Waals surface area contributed by atoms with Crippen LogP contribution in [0.4, 0.5) is 0 Å². The molecule has 1 aliphatic heterocycles. The number of nitrogens with two attached hydrogens (primary N) is 1. The van der Waals surface area contributed by atoms with Gasteiger partial charge in [-0.1, -0.05) is 0 Å².